The van der Waals surface area contributed by atoms with Crippen molar-refractivity contribution in [3.63, 3.8) is 0 Å². The van der Waals surface area contributed by atoms with Crippen LogP contribution in [0.25, 0.3) is 22.0 Å². The lowest BCUT2D eigenvalue weighted by Crippen LogP contribution is -2.13. The fourth-order valence-corrected chi connectivity index (χ4v) is 3.02. The predicted octanol–water partition coefficient (Wildman–Crippen LogP) is 3.14. The molecule has 3 aromatic rings. The van der Waals surface area contributed by atoms with E-state index in [9.17, 15) is 18.7 Å². The van der Waals surface area contributed by atoms with Crippen LogP contribution in [0.5, 0.6) is 0 Å². The molecule has 1 amide bonds. The average molecular weight is 359 g/mol. The van der Waals surface area contributed by atoms with Crippen molar-refractivity contribution in [2.24, 2.45) is 5.73 Å². The highest BCUT2D eigenvalue weighted by Gasteiger charge is 2.15. The first-order chi connectivity index (χ1) is 12.4. The lowest BCUT2D eigenvalue weighted by atomic mass is 10.0. The minimum absolute atomic E-state index is 0.140. The average Bonchev–Trinajstić information content (AvgIpc) is 2.98. The third-order valence-corrected chi connectivity index (χ3v) is 4.35. The Morgan fingerprint density at radius 2 is 1.96 bits per heavy atom. The zero-order chi connectivity index (χ0) is 18.8. The van der Waals surface area contributed by atoms with E-state index in [4.69, 9.17) is 11.5 Å². The second-order valence-corrected chi connectivity index (χ2v) is 6.09. The van der Waals surface area contributed by atoms with Crippen LogP contribution in [0.1, 0.15) is 22.3 Å². The molecule has 0 atom stereocenters. The number of benzene rings is 2. The molecule has 1 heterocycles. The number of fused-ring (bicyclic) bond motifs is 1. The van der Waals surface area contributed by atoms with Gasteiger partial charge in [0.05, 0.1) is 12.2 Å². The first-order valence-electron chi connectivity index (χ1n) is 8.11. The quantitative estimate of drug-likeness (QED) is 0.590. The largest absolute Gasteiger partial charge is 0.398 e. The number of nitrogen functional groups attached to an aromatic ring is 1. The molecule has 0 unspecified atom stereocenters. The van der Waals surface area contributed by atoms with Crippen molar-refractivity contribution in [2.75, 3.05) is 5.73 Å². The van der Waals surface area contributed by atoms with Gasteiger partial charge in [-0.05, 0) is 29.3 Å². The van der Waals surface area contributed by atoms with Crippen LogP contribution in [0.4, 0.5) is 14.5 Å². The SMILES string of the molecule is NC(=O)c1cc(-c2cn(CCC(F)F)c3cc(CO)ccc23)ccc1N. The number of hydrogen-bond donors (Lipinski definition) is 3. The molecule has 3 rings (SSSR count). The Labute approximate surface area is 148 Å². The maximum Gasteiger partial charge on any atom is 0.250 e. The molecule has 0 radical (unpaired) electrons. The molecular formula is C19H19F2N3O2. The summed E-state index contributed by atoms with van der Waals surface area (Å²) in [4.78, 5) is 11.6. The maximum absolute atomic E-state index is 12.7. The molecule has 26 heavy (non-hydrogen) atoms. The van der Waals surface area contributed by atoms with Crippen molar-refractivity contribution in [3.05, 3.63) is 53.7 Å². The van der Waals surface area contributed by atoms with E-state index in [-0.39, 0.29) is 30.8 Å². The van der Waals surface area contributed by atoms with E-state index in [1.165, 1.54) is 0 Å². The van der Waals surface area contributed by atoms with Gasteiger partial charge in [-0.2, -0.15) is 0 Å². The second-order valence-electron chi connectivity index (χ2n) is 6.09. The summed E-state index contributed by atoms with van der Waals surface area (Å²) in [6.07, 6.45) is -0.916. The summed E-state index contributed by atoms with van der Waals surface area (Å²) in [5.74, 6) is -0.631. The van der Waals surface area contributed by atoms with Gasteiger partial charge in [0.1, 0.15) is 0 Å². The zero-order valence-corrected chi connectivity index (χ0v) is 14.0. The number of aliphatic hydroxyl groups is 1. The molecule has 0 fully saturated rings. The van der Waals surface area contributed by atoms with Crippen molar-refractivity contribution in [1.82, 2.24) is 4.57 Å². The number of rotatable bonds is 6. The van der Waals surface area contributed by atoms with Crippen LogP contribution in [0.2, 0.25) is 0 Å². The van der Waals surface area contributed by atoms with E-state index >= 15 is 0 Å². The van der Waals surface area contributed by atoms with Gasteiger partial charge in [0.15, 0.2) is 0 Å². The molecule has 136 valence electrons. The van der Waals surface area contributed by atoms with Crippen LogP contribution in [-0.4, -0.2) is 22.0 Å². The van der Waals surface area contributed by atoms with Crippen molar-refractivity contribution in [3.8, 4) is 11.1 Å². The highest BCUT2D eigenvalue weighted by Crippen LogP contribution is 2.33. The molecule has 5 nitrogen and oxygen atoms in total. The summed E-state index contributed by atoms with van der Waals surface area (Å²) in [5.41, 5.74) is 14.6. The van der Waals surface area contributed by atoms with E-state index in [0.717, 1.165) is 16.5 Å². The number of aromatic nitrogens is 1. The Balaban J connectivity index is 2.17. The van der Waals surface area contributed by atoms with Crippen LogP contribution in [-0.2, 0) is 13.2 Å². The Hall–Kier alpha value is -2.93. The molecular weight excluding hydrogens is 340 g/mol. The molecule has 0 aliphatic heterocycles. The van der Waals surface area contributed by atoms with Crippen LogP contribution >= 0.6 is 0 Å². The molecule has 0 spiro atoms. The van der Waals surface area contributed by atoms with Crippen molar-refractivity contribution >= 4 is 22.5 Å². The van der Waals surface area contributed by atoms with E-state index in [1.807, 2.05) is 6.07 Å². The highest BCUT2D eigenvalue weighted by molar-refractivity contribution is 6.02. The first kappa shape index (κ1) is 17.9. The lowest BCUT2D eigenvalue weighted by molar-refractivity contribution is 0.100. The lowest BCUT2D eigenvalue weighted by Gasteiger charge is -2.06. The number of hydrogen-bond acceptors (Lipinski definition) is 3. The number of nitrogens with zero attached hydrogens (tertiary/aromatic N) is 1. The number of amides is 1. The summed E-state index contributed by atoms with van der Waals surface area (Å²) in [7, 11) is 0. The molecule has 0 aliphatic carbocycles. The van der Waals surface area contributed by atoms with Gasteiger partial charge in [-0.3, -0.25) is 4.79 Å². The standard InChI is InChI=1S/C19H19F2N3O2/c20-18(21)5-6-24-9-15(13-3-1-11(10-25)7-17(13)24)12-2-4-16(22)14(8-12)19(23)26/h1-4,7-9,18,25H,5-6,10,22H2,(H2,23,26). The van der Waals surface area contributed by atoms with Crippen LogP contribution in [0.3, 0.4) is 0 Å². The van der Waals surface area contributed by atoms with Crippen LogP contribution in [0.15, 0.2) is 42.6 Å². The van der Waals surface area contributed by atoms with E-state index < -0.39 is 12.3 Å². The fraction of sp³-hybridized carbons (Fsp3) is 0.211. The van der Waals surface area contributed by atoms with Gasteiger partial charge in [0.25, 0.3) is 5.91 Å². The number of aliphatic hydroxyl groups excluding tert-OH is 1. The molecule has 7 heteroatoms. The summed E-state index contributed by atoms with van der Waals surface area (Å²) < 4.78 is 27.1. The zero-order valence-electron chi connectivity index (χ0n) is 14.0. The molecule has 0 saturated carbocycles. The third kappa shape index (κ3) is 3.39. The Kier molecular flexibility index (Phi) is 4.90. The van der Waals surface area contributed by atoms with Crippen LogP contribution in [0, 0.1) is 0 Å². The highest BCUT2D eigenvalue weighted by atomic mass is 19.3. The number of halogens is 2. The number of aryl methyl sites for hydroxylation is 1. The number of nitrogens with two attached hydrogens (primary N) is 2. The molecule has 0 bridgehead atoms. The Morgan fingerprint density at radius 1 is 1.19 bits per heavy atom. The van der Waals surface area contributed by atoms with E-state index in [2.05, 4.69) is 0 Å². The Bertz CT molecular complexity index is 967. The van der Waals surface area contributed by atoms with Gasteiger partial charge < -0.3 is 21.1 Å². The van der Waals surface area contributed by atoms with Gasteiger partial charge in [-0.1, -0.05) is 18.2 Å². The third-order valence-electron chi connectivity index (χ3n) is 4.35. The normalized spacial score (nSPS) is 11.4. The summed E-state index contributed by atoms with van der Waals surface area (Å²) in [5, 5.41) is 10.2. The molecule has 2 aromatic carbocycles. The Morgan fingerprint density at radius 3 is 2.62 bits per heavy atom. The number of anilines is 1. The van der Waals surface area contributed by atoms with Crippen molar-refractivity contribution in [1.29, 1.82) is 0 Å². The topological polar surface area (TPSA) is 94.3 Å². The van der Waals surface area contributed by atoms with Gasteiger partial charge in [0, 0.05) is 41.3 Å². The minimum atomic E-state index is -2.41. The van der Waals surface area contributed by atoms with E-state index in [0.29, 0.717) is 11.1 Å². The smallest absolute Gasteiger partial charge is 0.250 e. The predicted molar refractivity (Wildman–Crippen MR) is 96.8 cm³/mol. The van der Waals surface area contributed by atoms with Crippen molar-refractivity contribution < 1.29 is 18.7 Å². The first-order valence-corrected chi connectivity index (χ1v) is 8.11. The summed E-state index contributed by atoms with van der Waals surface area (Å²) in [6, 6.07) is 10.3. The number of alkyl halides is 2. The van der Waals surface area contributed by atoms with Gasteiger partial charge >= 0.3 is 0 Å². The monoisotopic (exact) mass is 359 g/mol. The fourth-order valence-electron chi connectivity index (χ4n) is 3.02. The number of primary amides is 1. The number of carbonyl (C=O) groups excluding carboxylic acids is 1. The minimum Gasteiger partial charge on any atom is -0.398 e. The van der Waals surface area contributed by atoms with Crippen molar-refractivity contribution in [2.45, 2.75) is 26.0 Å². The van der Waals surface area contributed by atoms with E-state index in [1.54, 1.807) is 41.1 Å². The maximum atomic E-state index is 12.7. The summed E-state index contributed by atoms with van der Waals surface area (Å²) >= 11 is 0. The summed E-state index contributed by atoms with van der Waals surface area (Å²) in [6.45, 7) is -0.000305. The number of carbonyl (C=O) groups is 1. The van der Waals surface area contributed by atoms with Crippen LogP contribution < -0.4 is 11.5 Å². The van der Waals surface area contributed by atoms with Gasteiger partial charge in [0.2, 0.25) is 6.43 Å². The van der Waals surface area contributed by atoms with Gasteiger partial charge in [-0.25, -0.2) is 8.78 Å². The second kappa shape index (κ2) is 7.13. The molecule has 1 aromatic heterocycles. The molecule has 5 N–H and O–H groups in total. The van der Waals surface area contributed by atoms with Gasteiger partial charge in [-0.15, -0.1) is 0 Å². The molecule has 0 aliphatic rings. The molecule has 0 saturated heterocycles.